The van der Waals surface area contributed by atoms with E-state index in [9.17, 15) is 0 Å². The van der Waals surface area contributed by atoms with E-state index >= 15 is 0 Å². The molecule has 0 saturated heterocycles. The van der Waals surface area contributed by atoms with Crippen molar-refractivity contribution in [3.05, 3.63) is 52.8 Å². The van der Waals surface area contributed by atoms with Crippen molar-refractivity contribution in [2.45, 2.75) is 6.92 Å². The fourth-order valence-electron chi connectivity index (χ4n) is 1.42. The van der Waals surface area contributed by atoms with Crippen molar-refractivity contribution in [3.8, 4) is 11.5 Å². The number of ether oxygens (including phenoxy) is 2. The predicted molar refractivity (Wildman–Crippen MR) is 74.1 cm³/mol. The molecule has 2 rings (SSSR count). The molecule has 0 amide bonds. The van der Waals surface area contributed by atoms with Gasteiger partial charge in [0.05, 0.1) is 6.20 Å². The van der Waals surface area contributed by atoms with Crippen molar-refractivity contribution in [2.75, 3.05) is 13.2 Å². The van der Waals surface area contributed by atoms with Crippen LogP contribution < -0.4 is 9.47 Å². The zero-order valence-corrected chi connectivity index (χ0v) is 11.7. The summed E-state index contributed by atoms with van der Waals surface area (Å²) < 4.78 is 12.1. The SMILES string of the molecule is Cc1ccc(OCCOc2cccc(Br)c2)cn1. The third-order valence-electron chi connectivity index (χ3n) is 2.30. The van der Waals surface area contributed by atoms with E-state index in [0.717, 1.165) is 21.7 Å². The van der Waals surface area contributed by atoms with Crippen molar-refractivity contribution >= 4 is 15.9 Å². The van der Waals surface area contributed by atoms with Gasteiger partial charge in [-0.05, 0) is 37.3 Å². The predicted octanol–water partition coefficient (Wildman–Crippen LogP) is 3.61. The van der Waals surface area contributed by atoms with Gasteiger partial charge in [-0.1, -0.05) is 22.0 Å². The van der Waals surface area contributed by atoms with Gasteiger partial charge in [-0.25, -0.2) is 0 Å². The summed E-state index contributed by atoms with van der Waals surface area (Å²) >= 11 is 3.40. The minimum Gasteiger partial charge on any atom is -0.490 e. The van der Waals surface area contributed by atoms with E-state index in [2.05, 4.69) is 20.9 Å². The summed E-state index contributed by atoms with van der Waals surface area (Å²) in [6.45, 7) is 2.95. The molecule has 0 aliphatic rings. The maximum Gasteiger partial charge on any atom is 0.137 e. The Kier molecular flexibility index (Phi) is 4.59. The number of pyridine rings is 1. The largest absolute Gasteiger partial charge is 0.490 e. The molecule has 94 valence electrons. The fraction of sp³-hybridized carbons (Fsp3) is 0.214. The van der Waals surface area contributed by atoms with Gasteiger partial charge in [-0.3, -0.25) is 4.98 Å². The maximum absolute atomic E-state index is 5.56. The van der Waals surface area contributed by atoms with Crippen LogP contribution in [0.3, 0.4) is 0 Å². The molecule has 0 bridgehead atoms. The minimum atomic E-state index is 0.497. The zero-order valence-electron chi connectivity index (χ0n) is 10.1. The number of halogens is 1. The highest BCUT2D eigenvalue weighted by Crippen LogP contribution is 2.17. The molecule has 0 spiro atoms. The number of nitrogens with zero attached hydrogens (tertiary/aromatic N) is 1. The van der Waals surface area contributed by atoms with Crippen LogP contribution in [0.4, 0.5) is 0 Å². The Morgan fingerprint density at radius 2 is 1.83 bits per heavy atom. The monoisotopic (exact) mass is 307 g/mol. The van der Waals surface area contributed by atoms with Crippen molar-refractivity contribution in [1.29, 1.82) is 0 Å². The number of aromatic nitrogens is 1. The summed E-state index contributed by atoms with van der Waals surface area (Å²) in [6, 6.07) is 11.6. The van der Waals surface area contributed by atoms with Crippen LogP contribution >= 0.6 is 15.9 Å². The van der Waals surface area contributed by atoms with E-state index in [4.69, 9.17) is 9.47 Å². The molecule has 0 aliphatic carbocycles. The molecule has 1 aromatic carbocycles. The first kappa shape index (κ1) is 12.9. The van der Waals surface area contributed by atoms with Crippen LogP contribution in [0, 0.1) is 6.92 Å². The molecule has 1 aromatic heterocycles. The first-order valence-corrected chi connectivity index (χ1v) is 6.47. The van der Waals surface area contributed by atoms with Crippen molar-refractivity contribution < 1.29 is 9.47 Å². The third kappa shape index (κ3) is 4.04. The van der Waals surface area contributed by atoms with Crippen LogP contribution in [0.5, 0.6) is 11.5 Å². The van der Waals surface area contributed by atoms with Gasteiger partial charge in [-0.2, -0.15) is 0 Å². The number of benzene rings is 1. The van der Waals surface area contributed by atoms with E-state index in [0.29, 0.717) is 13.2 Å². The second-order valence-corrected chi connectivity index (χ2v) is 4.71. The molecule has 0 aliphatic heterocycles. The Labute approximate surface area is 115 Å². The molecule has 18 heavy (non-hydrogen) atoms. The van der Waals surface area contributed by atoms with Gasteiger partial charge in [0.25, 0.3) is 0 Å². The van der Waals surface area contributed by atoms with Gasteiger partial charge in [0.2, 0.25) is 0 Å². The van der Waals surface area contributed by atoms with E-state index in [1.807, 2.05) is 43.3 Å². The molecule has 0 atom stereocenters. The quantitative estimate of drug-likeness (QED) is 0.791. The molecule has 3 nitrogen and oxygen atoms in total. The van der Waals surface area contributed by atoms with Crippen LogP contribution in [-0.2, 0) is 0 Å². The van der Waals surface area contributed by atoms with Crippen molar-refractivity contribution in [2.24, 2.45) is 0 Å². The normalized spacial score (nSPS) is 10.1. The van der Waals surface area contributed by atoms with Crippen LogP contribution in [-0.4, -0.2) is 18.2 Å². The fourth-order valence-corrected chi connectivity index (χ4v) is 1.79. The van der Waals surface area contributed by atoms with Gasteiger partial charge >= 0.3 is 0 Å². The van der Waals surface area contributed by atoms with Crippen molar-refractivity contribution in [3.63, 3.8) is 0 Å². The minimum absolute atomic E-state index is 0.497. The molecular weight excluding hydrogens is 294 g/mol. The average molecular weight is 308 g/mol. The van der Waals surface area contributed by atoms with E-state index in [-0.39, 0.29) is 0 Å². The van der Waals surface area contributed by atoms with Gasteiger partial charge in [0.1, 0.15) is 24.7 Å². The second kappa shape index (κ2) is 6.40. The van der Waals surface area contributed by atoms with Crippen molar-refractivity contribution in [1.82, 2.24) is 4.98 Å². The van der Waals surface area contributed by atoms with Crippen LogP contribution in [0.25, 0.3) is 0 Å². The molecule has 1 heterocycles. The zero-order chi connectivity index (χ0) is 12.8. The Bertz CT molecular complexity index is 499. The molecule has 0 saturated carbocycles. The van der Waals surface area contributed by atoms with Crippen LogP contribution in [0.2, 0.25) is 0 Å². The Morgan fingerprint density at radius 1 is 1.06 bits per heavy atom. The smallest absolute Gasteiger partial charge is 0.137 e. The second-order valence-electron chi connectivity index (χ2n) is 3.79. The van der Waals surface area contributed by atoms with Gasteiger partial charge in [-0.15, -0.1) is 0 Å². The summed E-state index contributed by atoms with van der Waals surface area (Å²) in [5, 5.41) is 0. The highest BCUT2D eigenvalue weighted by molar-refractivity contribution is 9.10. The molecule has 2 aromatic rings. The average Bonchev–Trinajstić information content (AvgIpc) is 2.37. The van der Waals surface area contributed by atoms with E-state index in [1.165, 1.54) is 0 Å². The first-order valence-electron chi connectivity index (χ1n) is 5.68. The standard InChI is InChI=1S/C14H14BrNO2/c1-11-5-6-14(10-16-11)18-8-7-17-13-4-2-3-12(15)9-13/h2-6,9-10H,7-8H2,1H3. The Balaban J connectivity index is 1.74. The van der Waals surface area contributed by atoms with Gasteiger partial charge < -0.3 is 9.47 Å². The van der Waals surface area contributed by atoms with Gasteiger partial charge in [0, 0.05) is 10.2 Å². The van der Waals surface area contributed by atoms with Crippen LogP contribution in [0.1, 0.15) is 5.69 Å². The summed E-state index contributed by atoms with van der Waals surface area (Å²) in [5.74, 6) is 1.59. The Hall–Kier alpha value is -1.55. The highest BCUT2D eigenvalue weighted by Gasteiger charge is 1.96. The molecular formula is C14H14BrNO2. The topological polar surface area (TPSA) is 31.4 Å². The summed E-state index contributed by atoms with van der Waals surface area (Å²) in [6.07, 6.45) is 1.72. The third-order valence-corrected chi connectivity index (χ3v) is 2.79. The summed E-state index contributed by atoms with van der Waals surface area (Å²) in [5.41, 5.74) is 0.979. The highest BCUT2D eigenvalue weighted by atomic mass is 79.9. The van der Waals surface area contributed by atoms with E-state index in [1.54, 1.807) is 6.20 Å². The number of hydrogen-bond acceptors (Lipinski definition) is 3. The Morgan fingerprint density at radius 3 is 2.50 bits per heavy atom. The lowest BCUT2D eigenvalue weighted by Gasteiger charge is -2.08. The molecule has 4 heteroatoms. The number of aryl methyl sites for hydroxylation is 1. The maximum atomic E-state index is 5.56. The lowest BCUT2D eigenvalue weighted by atomic mass is 10.3. The van der Waals surface area contributed by atoms with Gasteiger partial charge in [0.15, 0.2) is 0 Å². The molecule has 0 radical (unpaired) electrons. The molecule has 0 unspecified atom stereocenters. The van der Waals surface area contributed by atoms with E-state index < -0.39 is 0 Å². The summed E-state index contributed by atoms with van der Waals surface area (Å²) in [7, 11) is 0. The first-order chi connectivity index (χ1) is 8.74. The lowest BCUT2D eigenvalue weighted by Crippen LogP contribution is -2.09. The number of hydrogen-bond donors (Lipinski definition) is 0. The molecule has 0 fully saturated rings. The van der Waals surface area contributed by atoms with Crippen LogP contribution in [0.15, 0.2) is 47.1 Å². The molecule has 0 N–H and O–H groups in total. The lowest BCUT2D eigenvalue weighted by molar-refractivity contribution is 0.216. The summed E-state index contributed by atoms with van der Waals surface area (Å²) in [4.78, 5) is 4.16. The number of rotatable bonds is 5.